The number of likely N-dealkylation sites (N-methyl/N-ethyl adjacent to an activating group) is 1. The van der Waals surface area contributed by atoms with E-state index in [-0.39, 0.29) is 5.91 Å². The topological polar surface area (TPSA) is 49.6 Å². The van der Waals surface area contributed by atoms with Crippen LogP contribution in [0.2, 0.25) is 0 Å². The Bertz CT molecular complexity index is 417. The molecule has 20 heavy (non-hydrogen) atoms. The summed E-state index contributed by atoms with van der Waals surface area (Å²) in [7, 11) is 0. The minimum absolute atomic E-state index is 0.236. The number of hydrogen-bond donors (Lipinski definition) is 1. The van der Waals surface area contributed by atoms with E-state index in [2.05, 4.69) is 24.0 Å². The van der Waals surface area contributed by atoms with Gasteiger partial charge in [0.1, 0.15) is 0 Å². The fourth-order valence-corrected chi connectivity index (χ4v) is 2.54. The van der Waals surface area contributed by atoms with Crippen molar-refractivity contribution in [2.75, 3.05) is 26.2 Å². The third kappa shape index (κ3) is 4.32. The molecule has 0 heterocycles. The van der Waals surface area contributed by atoms with Crippen molar-refractivity contribution in [2.45, 2.75) is 32.4 Å². The molecule has 1 fully saturated rings. The van der Waals surface area contributed by atoms with E-state index < -0.39 is 0 Å². The largest absolute Gasteiger partial charge is 0.339 e. The molecule has 4 heteroatoms. The molecular weight excluding hydrogens is 250 g/mol. The second-order valence-electron chi connectivity index (χ2n) is 5.40. The van der Waals surface area contributed by atoms with Gasteiger partial charge in [-0.1, -0.05) is 30.3 Å². The normalized spacial score (nSPS) is 14.6. The molecule has 110 valence electrons. The molecule has 1 aromatic rings. The Morgan fingerprint density at radius 1 is 1.30 bits per heavy atom. The SMILES string of the molecule is CCN(C(=O)CN(CCN)Cc1ccccc1)C1CC1. The molecule has 0 radical (unpaired) electrons. The molecule has 0 spiro atoms. The number of amides is 1. The highest BCUT2D eigenvalue weighted by Crippen LogP contribution is 2.26. The van der Waals surface area contributed by atoms with Gasteiger partial charge in [-0.05, 0) is 25.3 Å². The zero-order valence-corrected chi connectivity index (χ0v) is 12.3. The first-order valence-corrected chi connectivity index (χ1v) is 7.50. The van der Waals surface area contributed by atoms with Crippen LogP contribution in [0.1, 0.15) is 25.3 Å². The number of nitrogens with two attached hydrogens (primary N) is 1. The number of benzene rings is 1. The lowest BCUT2D eigenvalue weighted by molar-refractivity contribution is -0.132. The highest BCUT2D eigenvalue weighted by atomic mass is 16.2. The van der Waals surface area contributed by atoms with Crippen LogP contribution in [0, 0.1) is 0 Å². The molecule has 0 aliphatic heterocycles. The Kier molecular flexibility index (Phi) is 5.56. The minimum atomic E-state index is 0.236. The van der Waals surface area contributed by atoms with Gasteiger partial charge in [-0.3, -0.25) is 9.69 Å². The van der Waals surface area contributed by atoms with Gasteiger partial charge in [0.2, 0.25) is 5.91 Å². The Balaban J connectivity index is 1.92. The van der Waals surface area contributed by atoms with Crippen LogP contribution >= 0.6 is 0 Å². The van der Waals surface area contributed by atoms with E-state index in [4.69, 9.17) is 5.73 Å². The number of carbonyl (C=O) groups is 1. The maximum absolute atomic E-state index is 12.4. The fourth-order valence-electron chi connectivity index (χ4n) is 2.54. The van der Waals surface area contributed by atoms with Crippen LogP contribution in [-0.4, -0.2) is 47.9 Å². The monoisotopic (exact) mass is 275 g/mol. The third-order valence-electron chi connectivity index (χ3n) is 3.70. The number of rotatable bonds is 8. The molecule has 0 aromatic heterocycles. The summed E-state index contributed by atoms with van der Waals surface area (Å²) in [6.45, 7) is 5.45. The van der Waals surface area contributed by atoms with Gasteiger partial charge < -0.3 is 10.6 Å². The van der Waals surface area contributed by atoms with Crippen molar-refractivity contribution < 1.29 is 4.79 Å². The van der Waals surface area contributed by atoms with Crippen LogP contribution in [0.5, 0.6) is 0 Å². The first-order valence-electron chi connectivity index (χ1n) is 7.50. The molecule has 1 aliphatic carbocycles. The summed E-state index contributed by atoms with van der Waals surface area (Å²) < 4.78 is 0. The molecule has 1 aliphatic rings. The number of carbonyl (C=O) groups excluding carboxylic acids is 1. The summed E-state index contributed by atoms with van der Waals surface area (Å²) >= 11 is 0. The van der Waals surface area contributed by atoms with Gasteiger partial charge in [0.25, 0.3) is 0 Å². The molecular formula is C16H25N3O. The Morgan fingerprint density at radius 3 is 2.55 bits per heavy atom. The lowest BCUT2D eigenvalue weighted by Gasteiger charge is -2.26. The van der Waals surface area contributed by atoms with Gasteiger partial charge in [-0.15, -0.1) is 0 Å². The van der Waals surface area contributed by atoms with E-state index in [1.165, 1.54) is 5.56 Å². The van der Waals surface area contributed by atoms with Gasteiger partial charge in [0, 0.05) is 32.2 Å². The van der Waals surface area contributed by atoms with Crippen LogP contribution in [0.4, 0.5) is 0 Å². The minimum Gasteiger partial charge on any atom is -0.339 e. The summed E-state index contributed by atoms with van der Waals surface area (Å²) in [6.07, 6.45) is 2.32. The standard InChI is InChI=1S/C16H25N3O/c1-2-19(15-8-9-15)16(20)13-18(11-10-17)12-14-6-4-3-5-7-14/h3-7,15H,2,8-13,17H2,1H3. The summed E-state index contributed by atoms with van der Waals surface area (Å²) in [6, 6.07) is 10.7. The van der Waals surface area contributed by atoms with E-state index in [9.17, 15) is 4.79 Å². The number of nitrogens with zero attached hydrogens (tertiary/aromatic N) is 2. The van der Waals surface area contributed by atoms with Gasteiger partial charge in [-0.25, -0.2) is 0 Å². The zero-order valence-electron chi connectivity index (χ0n) is 12.3. The highest BCUT2D eigenvalue weighted by molar-refractivity contribution is 5.78. The molecule has 0 bridgehead atoms. The first-order chi connectivity index (χ1) is 9.74. The first kappa shape index (κ1) is 15.0. The van der Waals surface area contributed by atoms with E-state index in [0.717, 1.165) is 32.5 Å². The maximum atomic E-state index is 12.4. The summed E-state index contributed by atoms with van der Waals surface area (Å²) in [5.41, 5.74) is 6.90. The van der Waals surface area contributed by atoms with Crippen molar-refractivity contribution in [1.29, 1.82) is 0 Å². The molecule has 2 rings (SSSR count). The van der Waals surface area contributed by atoms with Crippen LogP contribution in [0.15, 0.2) is 30.3 Å². The van der Waals surface area contributed by atoms with E-state index in [1.54, 1.807) is 0 Å². The van der Waals surface area contributed by atoms with Crippen LogP contribution in [-0.2, 0) is 11.3 Å². The molecule has 0 unspecified atom stereocenters. The Morgan fingerprint density at radius 2 is 2.00 bits per heavy atom. The van der Waals surface area contributed by atoms with Crippen molar-refractivity contribution in [3.05, 3.63) is 35.9 Å². The smallest absolute Gasteiger partial charge is 0.236 e. The molecule has 0 saturated heterocycles. The van der Waals surface area contributed by atoms with Crippen molar-refractivity contribution in [1.82, 2.24) is 9.80 Å². The van der Waals surface area contributed by atoms with Gasteiger partial charge >= 0.3 is 0 Å². The molecule has 2 N–H and O–H groups in total. The molecule has 0 atom stereocenters. The predicted molar refractivity (Wildman–Crippen MR) is 81.2 cm³/mol. The fraction of sp³-hybridized carbons (Fsp3) is 0.562. The molecule has 1 amide bonds. The van der Waals surface area contributed by atoms with Crippen LogP contribution < -0.4 is 5.73 Å². The number of hydrogen-bond acceptors (Lipinski definition) is 3. The lowest BCUT2D eigenvalue weighted by Crippen LogP contribution is -2.42. The summed E-state index contributed by atoms with van der Waals surface area (Å²) in [5, 5.41) is 0. The van der Waals surface area contributed by atoms with Gasteiger partial charge in [0.05, 0.1) is 6.54 Å². The van der Waals surface area contributed by atoms with Gasteiger partial charge in [-0.2, -0.15) is 0 Å². The van der Waals surface area contributed by atoms with Crippen LogP contribution in [0.25, 0.3) is 0 Å². The van der Waals surface area contributed by atoms with Crippen molar-refractivity contribution in [3.8, 4) is 0 Å². The quantitative estimate of drug-likeness (QED) is 0.781. The van der Waals surface area contributed by atoms with Gasteiger partial charge in [0.15, 0.2) is 0 Å². The second kappa shape index (κ2) is 7.41. The Labute approximate surface area is 121 Å². The van der Waals surface area contributed by atoms with Crippen LogP contribution in [0.3, 0.4) is 0 Å². The van der Waals surface area contributed by atoms with Crippen molar-refractivity contribution >= 4 is 5.91 Å². The average molecular weight is 275 g/mol. The molecule has 1 saturated carbocycles. The van der Waals surface area contributed by atoms with E-state index in [1.807, 2.05) is 23.1 Å². The molecule has 4 nitrogen and oxygen atoms in total. The average Bonchev–Trinajstić information content (AvgIpc) is 3.25. The Hall–Kier alpha value is -1.39. The second-order valence-corrected chi connectivity index (χ2v) is 5.40. The lowest BCUT2D eigenvalue weighted by atomic mass is 10.2. The van der Waals surface area contributed by atoms with E-state index in [0.29, 0.717) is 19.1 Å². The predicted octanol–water partition coefficient (Wildman–Crippen LogP) is 1.46. The van der Waals surface area contributed by atoms with E-state index >= 15 is 0 Å². The van der Waals surface area contributed by atoms with Crippen molar-refractivity contribution in [3.63, 3.8) is 0 Å². The maximum Gasteiger partial charge on any atom is 0.236 e. The summed E-state index contributed by atoms with van der Waals surface area (Å²) in [4.78, 5) is 16.5. The highest BCUT2D eigenvalue weighted by Gasteiger charge is 2.31. The van der Waals surface area contributed by atoms with Crippen molar-refractivity contribution in [2.24, 2.45) is 5.73 Å². The molecule has 1 aromatic carbocycles. The summed E-state index contributed by atoms with van der Waals surface area (Å²) in [5.74, 6) is 0.236. The zero-order chi connectivity index (χ0) is 14.4. The third-order valence-corrected chi connectivity index (χ3v) is 3.70.